The molecule has 0 aromatic heterocycles. The van der Waals surface area contributed by atoms with Gasteiger partial charge in [0.25, 0.3) is 0 Å². The second kappa shape index (κ2) is 6.03. The minimum Gasteiger partial charge on any atom is -0.347 e. The van der Waals surface area contributed by atoms with Gasteiger partial charge in [0.15, 0.2) is 0 Å². The number of benzene rings is 1. The Kier molecular flexibility index (Phi) is 4.87. The number of nitrogens with one attached hydrogen (secondary N) is 1. The van der Waals surface area contributed by atoms with Gasteiger partial charge in [-0.15, -0.1) is 0 Å². The van der Waals surface area contributed by atoms with Crippen LogP contribution in [0.3, 0.4) is 0 Å². The molecule has 0 unspecified atom stereocenters. The highest BCUT2D eigenvalue weighted by molar-refractivity contribution is 5.92. The van der Waals surface area contributed by atoms with E-state index in [1.165, 1.54) is 11.0 Å². The molecule has 20 heavy (non-hydrogen) atoms. The van der Waals surface area contributed by atoms with Gasteiger partial charge in [0.05, 0.1) is 5.41 Å². The van der Waals surface area contributed by atoms with Crippen LogP contribution in [-0.2, 0) is 15.0 Å². The molecule has 1 rings (SSSR count). The number of hydrogen-bond acceptors (Lipinski definition) is 2. The fourth-order valence-electron chi connectivity index (χ4n) is 1.92. The summed E-state index contributed by atoms with van der Waals surface area (Å²) >= 11 is 0. The van der Waals surface area contributed by atoms with Crippen molar-refractivity contribution >= 4 is 11.8 Å². The van der Waals surface area contributed by atoms with Crippen LogP contribution in [-0.4, -0.2) is 36.9 Å². The first kappa shape index (κ1) is 16.1. The molecule has 0 aliphatic heterocycles. The first-order valence-electron chi connectivity index (χ1n) is 6.45. The maximum atomic E-state index is 13.8. The Balaban J connectivity index is 2.91. The van der Waals surface area contributed by atoms with Crippen molar-refractivity contribution in [2.45, 2.75) is 32.2 Å². The number of halogens is 1. The number of nitrogens with zero attached hydrogens (tertiary/aromatic N) is 1. The van der Waals surface area contributed by atoms with E-state index in [-0.39, 0.29) is 11.8 Å². The summed E-state index contributed by atoms with van der Waals surface area (Å²) < 4.78 is 13.8. The van der Waals surface area contributed by atoms with Crippen molar-refractivity contribution in [1.82, 2.24) is 10.2 Å². The van der Waals surface area contributed by atoms with E-state index < -0.39 is 17.3 Å². The molecule has 0 aliphatic rings. The van der Waals surface area contributed by atoms with E-state index >= 15 is 0 Å². The van der Waals surface area contributed by atoms with Gasteiger partial charge >= 0.3 is 0 Å². The SMILES string of the molecule is C[C@H](NC(=O)C(C)(C)c1ccccc1F)C(=O)N(C)C. The van der Waals surface area contributed by atoms with Crippen molar-refractivity contribution in [2.75, 3.05) is 14.1 Å². The van der Waals surface area contributed by atoms with Crippen LogP contribution in [0.2, 0.25) is 0 Å². The van der Waals surface area contributed by atoms with E-state index in [1.54, 1.807) is 53.1 Å². The highest BCUT2D eigenvalue weighted by Crippen LogP contribution is 2.26. The maximum absolute atomic E-state index is 13.8. The predicted octanol–water partition coefficient (Wildman–Crippen LogP) is 1.70. The van der Waals surface area contributed by atoms with Gasteiger partial charge in [0.1, 0.15) is 11.9 Å². The maximum Gasteiger partial charge on any atom is 0.244 e. The van der Waals surface area contributed by atoms with Crippen molar-refractivity contribution in [3.63, 3.8) is 0 Å². The summed E-state index contributed by atoms with van der Waals surface area (Å²) in [6.45, 7) is 4.87. The predicted molar refractivity (Wildman–Crippen MR) is 75.7 cm³/mol. The molecule has 0 bridgehead atoms. The van der Waals surface area contributed by atoms with Crippen molar-refractivity contribution in [2.24, 2.45) is 0 Å². The minimum atomic E-state index is -1.05. The lowest BCUT2D eigenvalue weighted by molar-refractivity contribution is -0.135. The molecule has 0 aliphatic carbocycles. The molecule has 1 atom stereocenters. The summed E-state index contributed by atoms with van der Waals surface area (Å²) in [4.78, 5) is 25.5. The molecule has 0 spiro atoms. The van der Waals surface area contributed by atoms with E-state index in [9.17, 15) is 14.0 Å². The standard InChI is InChI=1S/C15H21FN2O2/c1-10(13(19)18(4)5)17-14(20)15(2,3)11-8-6-7-9-12(11)16/h6-10H,1-5H3,(H,17,20)/t10-/m0/s1. The largest absolute Gasteiger partial charge is 0.347 e. The van der Waals surface area contributed by atoms with Crippen LogP contribution in [0.25, 0.3) is 0 Å². The van der Waals surface area contributed by atoms with Gasteiger partial charge in [-0.2, -0.15) is 0 Å². The van der Waals surface area contributed by atoms with Crippen LogP contribution < -0.4 is 5.32 Å². The quantitative estimate of drug-likeness (QED) is 0.912. The lowest BCUT2D eigenvalue weighted by Crippen LogP contribution is -2.50. The van der Waals surface area contributed by atoms with Gasteiger partial charge in [-0.1, -0.05) is 18.2 Å². The van der Waals surface area contributed by atoms with Crippen molar-refractivity contribution < 1.29 is 14.0 Å². The topological polar surface area (TPSA) is 49.4 Å². The third-order valence-corrected chi connectivity index (χ3v) is 3.27. The van der Waals surface area contributed by atoms with Gasteiger partial charge in [-0.3, -0.25) is 9.59 Å². The number of carbonyl (C=O) groups is 2. The lowest BCUT2D eigenvalue weighted by Gasteiger charge is -2.27. The van der Waals surface area contributed by atoms with Gasteiger partial charge in [0, 0.05) is 19.7 Å². The first-order chi connectivity index (χ1) is 9.17. The summed E-state index contributed by atoms with van der Waals surface area (Å²) in [6, 6.07) is 5.50. The van der Waals surface area contributed by atoms with Crippen LogP contribution in [0, 0.1) is 5.82 Å². The summed E-state index contributed by atoms with van der Waals surface area (Å²) in [5.41, 5.74) is -0.742. The average molecular weight is 280 g/mol. The number of rotatable bonds is 4. The number of likely N-dealkylation sites (N-methyl/N-ethyl adjacent to an activating group) is 1. The van der Waals surface area contributed by atoms with Crippen molar-refractivity contribution in [3.05, 3.63) is 35.6 Å². The fourth-order valence-corrected chi connectivity index (χ4v) is 1.92. The third kappa shape index (κ3) is 3.35. The monoisotopic (exact) mass is 280 g/mol. The van der Waals surface area contributed by atoms with Crippen LogP contribution >= 0.6 is 0 Å². The van der Waals surface area contributed by atoms with Gasteiger partial charge < -0.3 is 10.2 Å². The summed E-state index contributed by atoms with van der Waals surface area (Å²) in [5.74, 6) is -1.02. The van der Waals surface area contributed by atoms with Crippen LogP contribution in [0.15, 0.2) is 24.3 Å². The van der Waals surface area contributed by atoms with Crippen LogP contribution in [0.4, 0.5) is 4.39 Å². The Morgan fingerprint density at radius 3 is 2.30 bits per heavy atom. The molecule has 4 nitrogen and oxygen atoms in total. The molecule has 1 aromatic carbocycles. The molecule has 0 fully saturated rings. The lowest BCUT2D eigenvalue weighted by atomic mass is 9.83. The second-order valence-electron chi connectivity index (χ2n) is 5.53. The summed E-state index contributed by atoms with van der Waals surface area (Å²) in [5, 5.41) is 2.63. The summed E-state index contributed by atoms with van der Waals surface area (Å²) in [7, 11) is 3.24. The zero-order valence-electron chi connectivity index (χ0n) is 12.5. The smallest absolute Gasteiger partial charge is 0.244 e. The third-order valence-electron chi connectivity index (χ3n) is 3.27. The number of amides is 2. The Labute approximate surface area is 119 Å². The van der Waals surface area contributed by atoms with E-state index in [4.69, 9.17) is 0 Å². The Morgan fingerprint density at radius 2 is 1.80 bits per heavy atom. The molecule has 110 valence electrons. The molecule has 1 aromatic rings. The van der Waals surface area contributed by atoms with Crippen LogP contribution in [0.1, 0.15) is 26.3 Å². The van der Waals surface area contributed by atoms with E-state index in [1.807, 2.05) is 0 Å². The molecule has 0 saturated heterocycles. The molecule has 0 radical (unpaired) electrons. The zero-order valence-corrected chi connectivity index (χ0v) is 12.5. The van der Waals surface area contributed by atoms with Crippen LogP contribution in [0.5, 0.6) is 0 Å². The molecular formula is C15H21FN2O2. The molecule has 0 saturated carbocycles. The number of carbonyl (C=O) groups excluding carboxylic acids is 2. The highest BCUT2D eigenvalue weighted by Gasteiger charge is 2.34. The molecule has 5 heteroatoms. The Morgan fingerprint density at radius 1 is 1.25 bits per heavy atom. The van der Waals surface area contributed by atoms with Gasteiger partial charge in [-0.25, -0.2) is 4.39 Å². The normalized spacial score (nSPS) is 12.7. The minimum absolute atomic E-state index is 0.206. The van der Waals surface area contributed by atoms with E-state index in [0.29, 0.717) is 5.56 Å². The number of hydrogen-bond donors (Lipinski definition) is 1. The van der Waals surface area contributed by atoms with Crippen molar-refractivity contribution in [3.8, 4) is 0 Å². The van der Waals surface area contributed by atoms with Gasteiger partial charge in [-0.05, 0) is 26.8 Å². The molecule has 2 amide bonds. The second-order valence-corrected chi connectivity index (χ2v) is 5.53. The highest BCUT2D eigenvalue weighted by atomic mass is 19.1. The Bertz CT molecular complexity index is 512. The Hall–Kier alpha value is -1.91. The summed E-state index contributed by atoms with van der Waals surface area (Å²) in [6.07, 6.45) is 0. The van der Waals surface area contributed by atoms with Crippen molar-refractivity contribution in [1.29, 1.82) is 0 Å². The van der Waals surface area contributed by atoms with E-state index in [2.05, 4.69) is 5.32 Å². The fraction of sp³-hybridized carbons (Fsp3) is 0.467. The molecule has 1 N–H and O–H groups in total. The average Bonchev–Trinajstić information content (AvgIpc) is 2.37. The first-order valence-corrected chi connectivity index (χ1v) is 6.45. The molecular weight excluding hydrogens is 259 g/mol. The van der Waals surface area contributed by atoms with Gasteiger partial charge in [0.2, 0.25) is 11.8 Å². The molecule has 0 heterocycles. The zero-order chi connectivity index (χ0) is 15.5. The van der Waals surface area contributed by atoms with E-state index in [0.717, 1.165) is 0 Å².